The molecular formula is C11H18N2O4. The Bertz CT molecular complexity index is 306. The van der Waals surface area contributed by atoms with Gasteiger partial charge in [-0.25, -0.2) is 4.79 Å². The number of rotatable bonds is 5. The molecule has 1 rings (SSSR count). The molecule has 0 aliphatic carbocycles. The van der Waals surface area contributed by atoms with E-state index in [2.05, 4.69) is 11.9 Å². The fourth-order valence-electron chi connectivity index (χ4n) is 1.72. The minimum atomic E-state index is -0.932. The Morgan fingerprint density at radius 1 is 1.59 bits per heavy atom. The van der Waals surface area contributed by atoms with Crippen LogP contribution < -0.4 is 5.32 Å². The summed E-state index contributed by atoms with van der Waals surface area (Å²) < 4.78 is 5.11. The molecule has 0 radical (unpaired) electrons. The van der Waals surface area contributed by atoms with Crippen molar-refractivity contribution in [2.45, 2.75) is 12.5 Å². The van der Waals surface area contributed by atoms with Crippen LogP contribution in [0.15, 0.2) is 12.7 Å². The summed E-state index contributed by atoms with van der Waals surface area (Å²) in [5, 5.41) is 11.7. The van der Waals surface area contributed by atoms with Crippen molar-refractivity contribution in [2.24, 2.45) is 5.92 Å². The first-order chi connectivity index (χ1) is 8.07. The van der Waals surface area contributed by atoms with Gasteiger partial charge in [0.25, 0.3) is 0 Å². The first kappa shape index (κ1) is 13.5. The third kappa shape index (κ3) is 3.45. The van der Waals surface area contributed by atoms with Gasteiger partial charge in [-0.1, -0.05) is 6.08 Å². The predicted octanol–water partition coefficient (Wildman–Crippen LogP) is 0.303. The maximum atomic E-state index is 11.7. The molecule has 17 heavy (non-hydrogen) atoms. The molecule has 6 heteroatoms. The quantitative estimate of drug-likeness (QED) is 0.537. The van der Waals surface area contributed by atoms with Crippen LogP contribution in [0.4, 0.5) is 4.79 Å². The average Bonchev–Trinajstić information content (AvgIpc) is 2.77. The molecule has 1 saturated heterocycles. The lowest BCUT2D eigenvalue weighted by Gasteiger charge is -2.26. The summed E-state index contributed by atoms with van der Waals surface area (Å²) in [6.07, 6.45) is 2.39. The number of carboxylic acids is 1. The third-order valence-corrected chi connectivity index (χ3v) is 2.81. The molecule has 2 atom stereocenters. The van der Waals surface area contributed by atoms with E-state index in [-0.39, 0.29) is 19.2 Å². The number of hydrogen-bond donors (Lipinski definition) is 2. The summed E-state index contributed by atoms with van der Waals surface area (Å²) in [6, 6.07) is -0.690. The van der Waals surface area contributed by atoms with Gasteiger partial charge in [0.05, 0.1) is 19.3 Å². The van der Waals surface area contributed by atoms with E-state index >= 15 is 0 Å². The molecule has 1 heterocycles. The van der Waals surface area contributed by atoms with Gasteiger partial charge in [0, 0.05) is 13.6 Å². The molecule has 0 spiro atoms. The highest BCUT2D eigenvalue weighted by atomic mass is 16.5. The average molecular weight is 242 g/mol. The summed E-state index contributed by atoms with van der Waals surface area (Å²) >= 11 is 0. The zero-order valence-corrected chi connectivity index (χ0v) is 9.89. The van der Waals surface area contributed by atoms with E-state index in [1.54, 1.807) is 13.1 Å². The van der Waals surface area contributed by atoms with E-state index in [0.29, 0.717) is 13.0 Å². The fourth-order valence-corrected chi connectivity index (χ4v) is 1.72. The minimum absolute atomic E-state index is 0.157. The van der Waals surface area contributed by atoms with Gasteiger partial charge in [0.1, 0.15) is 5.92 Å². The second-order valence-corrected chi connectivity index (χ2v) is 3.97. The second kappa shape index (κ2) is 6.24. The largest absolute Gasteiger partial charge is 0.481 e. The van der Waals surface area contributed by atoms with Crippen LogP contribution in [0.1, 0.15) is 6.42 Å². The van der Waals surface area contributed by atoms with E-state index in [0.717, 1.165) is 0 Å². The van der Waals surface area contributed by atoms with Gasteiger partial charge < -0.3 is 20.1 Å². The Hall–Kier alpha value is -1.56. The molecule has 0 bridgehead atoms. The Morgan fingerprint density at radius 3 is 2.88 bits per heavy atom. The number of amides is 2. The minimum Gasteiger partial charge on any atom is -0.481 e. The van der Waals surface area contributed by atoms with Crippen LogP contribution in [0.2, 0.25) is 0 Å². The number of ether oxygens (including phenoxy) is 1. The predicted molar refractivity (Wildman–Crippen MR) is 61.7 cm³/mol. The number of likely N-dealkylation sites (N-methyl/N-ethyl adjacent to an activating group) is 1. The van der Waals surface area contributed by atoms with Gasteiger partial charge in [0.15, 0.2) is 0 Å². The van der Waals surface area contributed by atoms with Gasteiger partial charge >= 0.3 is 12.0 Å². The number of nitrogens with zero attached hydrogens (tertiary/aromatic N) is 1. The van der Waals surface area contributed by atoms with E-state index in [1.807, 2.05) is 0 Å². The summed E-state index contributed by atoms with van der Waals surface area (Å²) in [7, 11) is 1.58. The molecule has 0 aromatic rings. The Balaban J connectivity index is 2.50. The number of carbonyl (C=O) groups excluding carboxylic acids is 1. The molecule has 1 aliphatic rings. The van der Waals surface area contributed by atoms with E-state index in [4.69, 9.17) is 9.84 Å². The van der Waals surface area contributed by atoms with Crippen molar-refractivity contribution in [1.82, 2.24) is 10.2 Å². The van der Waals surface area contributed by atoms with Crippen LogP contribution in [0.25, 0.3) is 0 Å². The highest BCUT2D eigenvalue weighted by Gasteiger charge is 2.38. The molecule has 96 valence electrons. The Morgan fingerprint density at radius 2 is 2.29 bits per heavy atom. The van der Waals surface area contributed by atoms with Gasteiger partial charge in [-0.05, 0) is 6.42 Å². The van der Waals surface area contributed by atoms with Gasteiger partial charge in [0.2, 0.25) is 0 Å². The lowest BCUT2D eigenvalue weighted by atomic mass is 10.0. The molecular weight excluding hydrogens is 224 g/mol. The van der Waals surface area contributed by atoms with Gasteiger partial charge in [-0.3, -0.25) is 4.79 Å². The number of hydrogen-bond acceptors (Lipinski definition) is 3. The zero-order chi connectivity index (χ0) is 12.8. The molecule has 1 fully saturated rings. The molecule has 2 amide bonds. The van der Waals surface area contributed by atoms with E-state index in [1.165, 1.54) is 4.90 Å². The fraction of sp³-hybridized carbons (Fsp3) is 0.636. The van der Waals surface area contributed by atoms with Crippen LogP contribution >= 0.6 is 0 Å². The normalized spacial score (nSPS) is 23.1. The molecule has 2 N–H and O–H groups in total. The molecule has 0 saturated carbocycles. The van der Waals surface area contributed by atoms with Crippen LogP contribution in [-0.4, -0.2) is 54.9 Å². The van der Waals surface area contributed by atoms with Gasteiger partial charge in [-0.15, -0.1) is 6.58 Å². The molecule has 1 aliphatic heterocycles. The lowest BCUT2D eigenvalue weighted by molar-refractivity contribution is -0.142. The maximum absolute atomic E-state index is 11.7. The van der Waals surface area contributed by atoms with E-state index in [9.17, 15) is 9.59 Å². The molecule has 2 unspecified atom stereocenters. The van der Waals surface area contributed by atoms with Crippen LogP contribution in [0, 0.1) is 5.92 Å². The Labute approximate surface area is 100 Å². The summed E-state index contributed by atoms with van der Waals surface area (Å²) in [5.74, 6) is -1.58. The number of carboxylic acid groups (broad SMARTS) is 1. The van der Waals surface area contributed by atoms with Crippen molar-refractivity contribution in [3.63, 3.8) is 0 Å². The van der Waals surface area contributed by atoms with Crippen molar-refractivity contribution in [1.29, 1.82) is 0 Å². The van der Waals surface area contributed by atoms with Crippen molar-refractivity contribution in [3.05, 3.63) is 12.7 Å². The summed E-state index contributed by atoms with van der Waals surface area (Å²) in [5.41, 5.74) is 0. The number of carbonyl (C=O) groups is 2. The van der Waals surface area contributed by atoms with Crippen molar-refractivity contribution < 1.29 is 19.4 Å². The number of nitrogens with one attached hydrogen (secondary N) is 1. The standard InChI is InChI=1S/C11H18N2O4/c1-3-4-5-12-11(16)13(2)9-7-17-6-8(9)10(14)15/h3,8-9H,1,4-7H2,2H3,(H,12,16)(H,14,15). The first-order valence-corrected chi connectivity index (χ1v) is 5.50. The third-order valence-electron chi connectivity index (χ3n) is 2.81. The Kier molecular flexibility index (Phi) is 4.96. The van der Waals surface area contributed by atoms with Crippen molar-refractivity contribution in [3.8, 4) is 0 Å². The molecule has 0 aromatic heterocycles. The van der Waals surface area contributed by atoms with Gasteiger partial charge in [-0.2, -0.15) is 0 Å². The van der Waals surface area contributed by atoms with Crippen LogP contribution in [0.5, 0.6) is 0 Å². The number of urea groups is 1. The topological polar surface area (TPSA) is 78.9 Å². The van der Waals surface area contributed by atoms with Crippen LogP contribution in [-0.2, 0) is 9.53 Å². The highest BCUT2D eigenvalue weighted by Crippen LogP contribution is 2.18. The summed E-state index contributed by atoms with van der Waals surface area (Å²) in [6.45, 7) is 4.47. The zero-order valence-electron chi connectivity index (χ0n) is 9.89. The SMILES string of the molecule is C=CCCNC(=O)N(C)C1COCC1C(=O)O. The highest BCUT2D eigenvalue weighted by molar-refractivity contribution is 5.77. The maximum Gasteiger partial charge on any atom is 0.317 e. The van der Waals surface area contributed by atoms with Crippen molar-refractivity contribution in [2.75, 3.05) is 26.8 Å². The lowest BCUT2D eigenvalue weighted by Crippen LogP contribution is -2.48. The number of aliphatic carboxylic acids is 1. The first-order valence-electron chi connectivity index (χ1n) is 5.50. The molecule has 6 nitrogen and oxygen atoms in total. The monoisotopic (exact) mass is 242 g/mol. The van der Waals surface area contributed by atoms with Crippen molar-refractivity contribution >= 4 is 12.0 Å². The second-order valence-electron chi connectivity index (χ2n) is 3.97. The van der Waals surface area contributed by atoms with E-state index < -0.39 is 17.9 Å². The molecule has 0 aromatic carbocycles. The smallest absolute Gasteiger partial charge is 0.317 e. The summed E-state index contributed by atoms with van der Waals surface area (Å²) in [4.78, 5) is 24.1. The van der Waals surface area contributed by atoms with Crippen LogP contribution in [0.3, 0.4) is 0 Å².